The second kappa shape index (κ2) is 5.98. The van der Waals surface area contributed by atoms with Gasteiger partial charge in [-0.15, -0.1) is 6.58 Å². The fourth-order valence-corrected chi connectivity index (χ4v) is 2.25. The first kappa shape index (κ1) is 13.9. The average Bonchev–Trinajstić information content (AvgIpc) is 2.28. The van der Waals surface area contributed by atoms with Crippen molar-refractivity contribution in [1.29, 1.82) is 5.26 Å². The summed E-state index contributed by atoms with van der Waals surface area (Å²) >= 11 is 0. The van der Waals surface area contributed by atoms with Gasteiger partial charge in [-0.2, -0.15) is 5.26 Å². The molecule has 0 atom stereocenters. The maximum atomic E-state index is 11.5. The Morgan fingerprint density at radius 2 is 2.22 bits per heavy atom. The van der Waals surface area contributed by atoms with E-state index in [9.17, 15) is 13.2 Å². The monoisotopic (exact) mass is 264 g/mol. The number of sulfone groups is 1. The van der Waals surface area contributed by atoms with E-state index in [-0.39, 0.29) is 5.75 Å². The van der Waals surface area contributed by atoms with Gasteiger partial charge in [-0.3, -0.25) is 4.79 Å². The Hall–Kier alpha value is -2.13. The molecule has 0 aliphatic rings. The molecule has 18 heavy (non-hydrogen) atoms. The summed E-state index contributed by atoms with van der Waals surface area (Å²) in [6.07, 6.45) is 1.24. The second-order valence-corrected chi connectivity index (χ2v) is 5.69. The van der Waals surface area contributed by atoms with Crippen molar-refractivity contribution in [2.45, 2.75) is 0 Å². The average molecular weight is 264 g/mol. The lowest BCUT2D eigenvalue weighted by Crippen LogP contribution is -2.24. The molecule has 6 heteroatoms. The minimum absolute atomic E-state index is 0.237. The molecule has 0 spiro atoms. The first-order chi connectivity index (χ1) is 8.46. The SMILES string of the molecule is C=CCS(=O)(=O)CC(=O)Nc1cccc(C#N)c1. The van der Waals surface area contributed by atoms with Gasteiger partial charge in [0.05, 0.1) is 17.4 Å². The second-order valence-electron chi connectivity index (χ2n) is 3.58. The highest BCUT2D eigenvalue weighted by atomic mass is 32.2. The van der Waals surface area contributed by atoms with Crippen LogP contribution in [-0.2, 0) is 14.6 Å². The molecule has 0 aliphatic heterocycles. The molecule has 0 aromatic heterocycles. The van der Waals surface area contributed by atoms with Crippen LogP contribution in [0.25, 0.3) is 0 Å². The molecule has 94 valence electrons. The molecular weight excluding hydrogens is 252 g/mol. The van der Waals surface area contributed by atoms with Crippen molar-refractivity contribution >= 4 is 21.4 Å². The van der Waals surface area contributed by atoms with Gasteiger partial charge in [0, 0.05) is 5.69 Å². The van der Waals surface area contributed by atoms with Crippen molar-refractivity contribution in [2.75, 3.05) is 16.8 Å². The smallest absolute Gasteiger partial charge is 0.239 e. The molecule has 1 aromatic rings. The van der Waals surface area contributed by atoms with Gasteiger partial charge in [0.2, 0.25) is 5.91 Å². The molecular formula is C12H12N2O3S. The van der Waals surface area contributed by atoms with E-state index in [0.717, 1.165) is 0 Å². The summed E-state index contributed by atoms with van der Waals surface area (Å²) in [7, 11) is -3.46. The third-order valence-corrected chi connectivity index (χ3v) is 3.44. The van der Waals surface area contributed by atoms with Gasteiger partial charge < -0.3 is 5.32 Å². The van der Waals surface area contributed by atoms with Crippen molar-refractivity contribution in [2.24, 2.45) is 0 Å². The number of nitrogens with zero attached hydrogens (tertiary/aromatic N) is 1. The Balaban J connectivity index is 2.71. The van der Waals surface area contributed by atoms with E-state index in [1.54, 1.807) is 18.2 Å². The number of amides is 1. The molecule has 0 radical (unpaired) electrons. The van der Waals surface area contributed by atoms with Crippen LogP contribution in [0.15, 0.2) is 36.9 Å². The van der Waals surface area contributed by atoms with Crippen LogP contribution in [0.1, 0.15) is 5.56 Å². The van der Waals surface area contributed by atoms with Gasteiger partial charge in [-0.1, -0.05) is 12.1 Å². The third kappa shape index (κ3) is 4.39. The minimum atomic E-state index is -3.46. The minimum Gasteiger partial charge on any atom is -0.325 e. The highest BCUT2D eigenvalue weighted by Crippen LogP contribution is 2.09. The topological polar surface area (TPSA) is 87.0 Å². The summed E-state index contributed by atoms with van der Waals surface area (Å²) in [5.41, 5.74) is 0.787. The van der Waals surface area contributed by atoms with Crippen LogP contribution in [0.4, 0.5) is 5.69 Å². The number of carbonyl (C=O) groups excluding carboxylic acids is 1. The van der Waals surface area contributed by atoms with E-state index in [4.69, 9.17) is 5.26 Å². The molecule has 0 heterocycles. The summed E-state index contributed by atoms with van der Waals surface area (Å²) in [5, 5.41) is 11.1. The number of nitriles is 1. The summed E-state index contributed by atoms with van der Waals surface area (Å²) in [4.78, 5) is 11.5. The highest BCUT2D eigenvalue weighted by Gasteiger charge is 2.15. The fraction of sp³-hybridized carbons (Fsp3) is 0.167. The summed E-state index contributed by atoms with van der Waals surface area (Å²) in [5.74, 6) is -1.47. The van der Waals surface area contributed by atoms with Crippen molar-refractivity contribution in [3.8, 4) is 6.07 Å². The zero-order valence-corrected chi connectivity index (χ0v) is 10.4. The number of anilines is 1. The predicted octanol–water partition coefficient (Wildman–Crippen LogP) is 1.10. The van der Waals surface area contributed by atoms with Gasteiger partial charge in [0.1, 0.15) is 5.75 Å². The van der Waals surface area contributed by atoms with Crippen molar-refractivity contribution in [1.82, 2.24) is 0 Å². The van der Waals surface area contributed by atoms with Crippen LogP contribution in [0.2, 0.25) is 0 Å². The van der Waals surface area contributed by atoms with Gasteiger partial charge >= 0.3 is 0 Å². The summed E-state index contributed by atoms with van der Waals surface area (Å²) < 4.78 is 22.7. The van der Waals surface area contributed by atoms with E-state index in [1.165, 1.54) is 12.1 Å². The molecule has 1 aromatic carbocycles. The van der Waals surface area contributed by atoms with E-state index < -0.39 is 21.5 Å². The molecule has 0 saturated heterocycles. The van der Waals surface area contributed by atoms with Crippen molar-refractivity contribution in [3.63, 3.8) is 0 Å². The molecule has 1 rings (SSSR count). The summed E-state index contributed by atoms with van der Waals surface area (Å²) in [6, 6.07) is 8.17. The Morgan fingerprint density at radius 1 is 1.50 bits per heavy atom. The van der Waals surface area contributed by atoms with Gasteiger partial charge in [0.15, 0.2) is 9.84 Å². The lowest BCUT2D eigenvalue weighted by molar-refractivity contribution is -0.113. The molecule has 0 bridgehead atoms. The number of hydrogen-bond acceptors (Lipinski definition) is 4. The number of hydrogen-bond donors (Lipinski definition) is 1. The first-order valence-electron chi connectivity index (χ1n) is 5.08. The van der Waals surface area contributed by atoms with Crippen LogP contribution in [0.5, 0.6) is 0 Å². The fourth-order valence-electron chi connectivity index (χ4n) is 1.30. The normalized spacial score (nSPS) is 10.4. The van der Waals surface area contributed by atoms with Gasteiger partial charge in [-0.25, -0.2) is 8.42 Å². The zero-order chi connectivity index (χ0) is 13.6. The van der Waals surface area contributed by atoms with Crippen LogP contribution in [0, 0.1) is 11.3 Å². The Morgan fingerprint density at radius 3 is 2.83 bits per heavy atom. The lowest BCUT2D eigenvalue weighted by Gasteiger charge is -2.05. The molecule has 0 saturated carbocycles. The lowest BCUT2D eigenvalue weighted by atomic mass is 10.2. The molecule has 1 N–H and O–H groups in total. The Bertz CT molecular complexity index is 600. The number of nitrogens with one attached hydrogen (secondary N) is 1. The third-order valence-electron chi connectivity index (χ3n) is 2.00. The van der Waals surface area contributed by atoms with E-state index in [2.05, 4.69) is 11.9 Å². The first-order valence-corrected chi connectivity index (χ1v) is 6.90. The highest BCUT2D eigenvalue weighted by molar-refractivity contribution is 7.92. The summed E-state index contributed by atoms with van der Waals surface area (Å²) in [6.45, 7) is 3.31. The molecule has 0 fully saturated rings. The standard InChI is InChI=1S/C12H12N2O3S/c1-2-6-18(16,17)9-12(15)14-11-5-3-4-10(7-11)8-13/h2-5,7H,1,6,9H2,(H,14,15). The molecule has 0 aliphatic carbocycles. The molecule has 1 amide bonds. The van der Waals surface area contributed by atoms with Crippen LogP contribution >= 0.6 is 0 Å². The van der Waals surface area contributed by atoms with Crippen LogP contribution in [0.3, 0.4) is 0 Å². The van der Waals surface area contributed by atoms with Gasteiger partial charge in [-0.05, 0) is 18.2 Å². The predicted molar refractivity (Wildman–Crippen MR) is 68.6 cm³/mol. The Kier molecular flexibility index (Phi) is 4.63. The maximum Gasteiger partial charge on any atom is 0.239 e. The van der Waals surface area contributed by atoms with E-state index in [1.807, 2.05) is 6.07 Å². The molecule has 0 unspecified atom stereocenters. The molecule has 5 nitrogen and oxygen atoms in total. The van der Waals surface area contributed by atoms with Crippen LogP contribution < -0.4 is 5.32 Å². The van der Waals surface area contributed by atoms with E-state index >= 15 is 0 Å². The van der Waals surface area contributed by atoms with Gasteiger partial charge in [0.25, 0.3) is 0 Å². The van der Waals surface area contributed by atoms with Crippen LogP contribution in [-0.4, -0.2) is 25.8 Å². The largest absolute Gasteiger partial charge is 0.325 e. The number of benzene rings is 1. The quantitative estimate of drug-likeness (QED) is 0.807. The van der Waals surface area contributed by atoms with Crippen molar-refractivity contribution < 1.29 is 13.2 Å². The number of carbonyl (C=O) groups is 1. The maximum absolute atomic E-state index is 11.5. The van der Waals surface area contributed by atoms with E-state index in [0.29, 0.717) is 11.3 Å². The number of rotatable bonds is 5. The Labute approximate surface area is 106 Å². The van der Waals surface area contributed by atoms with Crippen molar-refractivity contribution in [3.05, 3.63) is 42.5 Å². The zero-order valence-electron chi connectivity index (χ0n) is 9.59.